The first-order chi connectivity index (χ1) is 9.66. The van der Waals surface area contributed by atoms with Crippen LogP contribution in [0.3, 0.4) is 0 Å². The molecule has 0 bridgehead atoms. The number of carbonyl (C=O) groups excluding carboxylic acids is 1. The summed E-state index contributed by atoms with van der Waals surface area (Å²) in [5.41, 5.74) is 4.23. The molecule has 4 nitrogen and oxygen atoms in total. The van der Waals surface area contributed by atoms with Gasteiger partial charge in [-0.05, 0) is 47.9 Å². The Bertz CT molecular complexity index is 587. The number of fused-ring (bicyclic) bond motifs is 1. The second kappa shape index (κ2) is 5.34. The number of aliphatic hydroxyl groups excluding tert-OH is 1. The van der Waals surface area contributed by atoms with Crippen LogP contribution in [0, 0.1) is 19.3 Å². The number of rotatable bonds is 3. The van der Waals surface area contributed by atoms with Crippen molar-refractivity contribution in [2.45, 2.75) is 53.6 Å². The molecule has 0 aromatic heterocycles. The Kier molecular flexibility index (Phi) is 4.02. The van der Waals surface area contributed by atoms with Crippen LogP contribution in [0.5, 0.6) is 5.75 Å². The van der Waals surface area contributed by atoms with Gasteiger partial charge < -0.3 is 14.9 Å². The lowest BCUT2D eigenvalue weighted by Gasteiger charge is -2.23. The number of aromatic hydroxyl groups is 1. The topological polar surface area (TPSA) is 66.8 Å². The van der Waals surface area contributed by atoms with Crippen LogP contribution < -0.4 is 0 Å². The molecule has 0 unspecified atom stereocenters. The molecule has 0 spiro atoms. The number of hydrogen-bond acceptors (Lipinski definition) is 4. The normalized spacial score (nSPS) is 19.4. The van der Waals surface area contributed by atoms with Gasteiger partial charge in [-0.3, -0.25) is 4.79 Å². The maximum Gasteiger partial charge on any atom is 0.302 e. The lowest BCUT2D eigenvalue weighted by atomic mass is 9.86. The zero-order valence-electron chi connectivity index (χ0n) is 13.4. The van der Waals surface area contributed by atoms with Crippen molar-refractivity contribution in [2.24, 2.45) is 5.41 Å². The van der Waals surface area contributed by atoms with E-state index < -0.39 is 6.10 Å². The third-order valence-corrected chi connectivity index (χ3v) is 4.58. The summed E-state index contributed by atoms with van der Waals surface area (Å²) < 4.78 is 5.00. The van der Waals surface area contributed by atoms with Crippen molar-refractivity contribution in [3.05, 3.63) is 27.8 Å². The number of ether oxygens (including phenoxy) is 1. The third kappa shape index (κ3) is 2.64. The van der Waals surface area contributed by atoms with E-state index in [4.69, 9.17) is 4.74 Å². The van der Waals surface area contributed by atoms with E-state index in [1.807, 2.05) is 27.7 Å². The molecule has 1 aromatic carbocycles. The minimum absolute atomic E-state index is 0.272. The van der Waals surface area contributed by atoms with E-state index in [2.05, 4.69) is 0 Å². The van der Waals surface area contributed by atoms with E-state index in [1.54, 1.807) is 0 Å². The summed E-state index contributed by atoms with van der Waals surface area (Å²) in [5.74, 6) is -0.0325. The van der Waals surface area contributed by atoms with Crippen LogP contribution in [0.1, 0.15) is 54.7 Å². The minimum atomic E-state index is -0.577. The van der Waals surface area contributed by atoms with Gasteiger partial charge in [0.15, 0.2) is 0 Å². The van der Waals surface area contributed by atoms with Crippen molar-refractivity contribution < 1.29 is 19.7 Å². The highest BCUT2D eigenvalue weighted by Crippen LogP contribution is 2.51. The predicted octanol–water partition coefficient (Wildman–Crippen LogP) is 2.73. The molecule has 4 heteroatoms. The fraction of sp³-hybridized carbons (Fsp3) is 0.588. The second-order valence-corrected chi connectivity index (χ2v) is 6.63. The predicted molar refractivity (Wildman–Crippen MR) is 80.4 cm³/mol. The van der Waals surface area contributed by atoms with Gasteiger partial charge in [0.05, 0.1) is 12.7 Å². The average Bonchev–Trinajstić information content (AvgIpc) is 2.62. The summed E-state index contributed by atoms with van der Waals surface area (Å²) in [6, 6.07) is 0. The van der Waals surface area contributed by atoms with E-state index in [1.165, 1.54) is 6.92 Å². The van der Waals surface area contributed by atoms with Crippen molar-refractivity contribution in [3.63, 3.8) is 0 Å². The Morgan fingerprint density at radius 1 is 1.33 bits per heavy atom. The SMILES string of the molecule is CC(=O)OCCc1c(C)c(O)c2c(c1C)[C@@H](O)C(C)(C)C2. The molecule has 1 aliphatic carbocycles. The quantitative estimate of drug-likeness (QED) is 0.841. The van der Waals surface area contributed by atoms with Gasteiger partial charge in [-0.25, -0.2) is 0 Å². The van der Waals surface area contributed by atoms with Crippen LogP contribution in [0.4, 0.5) is 0 Å². The molecular formula is C17H24O4. The Labute approximate surface area is 125 Å². The second-order valence-electron chi connectivity index (χ2n) is 6.63. The van der Waals surface area contributed by atoms with Gasteiger partial charge in [0.25, 0.3) is 0 Å². The molecule has 0 amide bonds. The lowest BCUT2D eigenvalue weighted by Crippen LogP contribution is -2.17. The largest absolute Gasteiger partial charge is 0.507 e. The minimum Gasteiger partial charge on any atom is -0.507 e. The summed E-state index contributed by atoms with van der Waals surface area (Å²) >= 11 is 0. The summed E-state index contributed by atoms with van der Waals surface area (Å²) in [6.07, 6.45) is 0.637. The van der Waals surface area contributed by atoms with Crippen LogP contribution in [0.15, 0.2) is 0 Å². The molecular weight excluding hydrogens is 268 g/mol. The molecule has 1 aromatic rings. The van der Waals surface area contributed by atoms with Crippen LogP contribution in [-0.4, -0.2) is 22.8 Å². The van der Waals surface area contributed by atoms with Crippen molar-refractivity contribution in [3.8, 4) is 5.75 Å². The van der Waals surface area contributed by atoms with E-state index in [0.29, 0.717) is 12.8 Å². The molecule has 0 radical (unpaired) electrons. The Morgan fingerprint density at radius 3 is 2.52 bits per heavy atom. The van der Waals surface area contributed by atoms with Crippen LogP contribution in [0.2, 0.25) is 0 Å². The molecule has 2 rings (SSSR count). The van der Waals surface area contributed by atoms with Crippen LogP contribution in [0.25, 0.3) is 0 Å². The lowest BCUT2D eigenvalue weighted by molar-refractivity contribution is -0.140. The average molecular weight is 292 g/mol. The van der Waals surface area contributed by atoms with Crippen molar-refractivity contribution >= 4 is 5.97 Å². The van der Waals surface area contributed by atoms with Crippen molar-refractivity contribution in [1.29, 1.82) is 0 Å². The molecule has 0 saturated heterocycles. The van der Waals surface area contributed by atoms with Gasteiger partial charge in [0, 0.05) is 18.9 Å². The van der Waals surface area contributed by atoms with Gasteiger partial charge >= 0.3 is 5.97 Å². The maximum absolute atomic E-state index is 10.9. The first-order valence-electron chi connectivity index (χ1n) is 7.32. The molecule has 0 saturated carbocycles. The number of aliphatic hydroxyl groups is 1. The first-order valence-corrected chi connectivity index (χ1v) is 7.32. The summed E-state index contributed by atoms with van der Waals surface area (Å²) in [4.78, 5) is 10.9. The summed E-state index contributed by atoms with van der Waals surface area (Å²) in [7, 11) is 0. The number of benzene rings is 1. The molecule has 21 heavy (non-hydrogen) atoms. The Morgan fingerprint density at radius 2 is 1.95 bits per heavy atom. The number of carbonyl (C=O) groups is 1. The van der Waals surface area contributed by atoms with Gasteiger partial charge in [-0.1, -0.05) is 13.8 Å². The summed E-state index contributed by atoms with van der Waals surface area (Å²) in [6.45, 7) is 9.53. The molecule has 1 atom stereocenters. The van der Waals surface area contributed by atoms with Crippen LogP contribution in [-0.2, 0) is 22.4 Å². The smallest absolute Gasteiger partial charge is 0.302 e. The fourth-order valence-electron chi connectivity index (χ4n) is 3.33. The first kappa shape index (κ1) is 15.8. The molecule has 2 N–H and O–H groups in total. The van der Waals surface area contributed by atoms with E-state index in [-0.39, 0.29) is 23.7 Å². The van der Waals surface area contributed by atoms with Gasteiger partial charge in [0.2, 0.25) is 0 Å². The van der Waals surface area contributed by atoms with Crippen molar-refractivity contribution in [2.75, 3.05) is 6.61 Å². The van der Waals surface area contributed by atoms with Gasteiger partial charge in [-0.2, -0.15) is 0 Å². The van der Waals surface area contributed by atoms with E-state index in [9.17, 15) is 15.0 Å². The highest BCUT2D eigenvalue weighted by Gasteiger charge is 2.41. The number of phenols is 1. The molecule has 0 aliphatic heterocycles. The third-order valence-electron chi connectivity index (χ3n) is 4.58. The van der Waals surface area contributed by atoms with E-state index in [0.717, 1.165) is 27.8 Å². The standard InChI is InChI=1S/C17H24O4/c1-9-12(6-7-21-11(3)18)10(2)15(19)13-8-17(4,5)16(20)14(9)13/h16,19-20H,6-8H2,1-5H3/t16-/m1/s1. The number of esters is 1. The van der Waals surface area contributed by atoms with E-state index >= 15 is 0 Å². The highest BCUT2D eigenvalue weighted by atomic mass is 16.5. The molecule has 1 aliphatic rings. The Balaban J connectivity index is 2.44. The monoisotopic (exact) mass is 292 g/mol. The maximum atomic E-state index is 10.9. The van der Waals surface area contributed by atoms with Crippen molar-refractivity contribution in [1.82, 2.24) is 0 Å². The number of hydrogen-bond donors (Lipinski definition) is 2. The van der Waals surface area contributed by atoms with Gasteiger partial charge in [0.1, 0.15) is 5.75 Å². The summed E-state index contributed by atoms with van der Waals surface area (Å²) in [5, 5.41) is 21.0. The van der Waals surface area contributed by atoms with Gasteiger partial charge in [-0.15, -0.1) is 0 Å². The zero-order valence-corrected chi connectivity index (χ0v) is 13.4. The highest BCUT2D eigenvalue weighted by molar-refractivity contribution is 5.66. The molecule has 0 heterocycles. The fourth-order valence-corrected chi connectivity index (χ4v) is 3.33. The zero-order chi connectivity index (χ0) is 15.9. The number of phenolic OH excluding ortho intramolecular Hbond substituents is 1. The van der Waals surface area contributed by atoms with Crippen LogP contribution >= 0.6 is 0 Å². The Hall–Kier alpha value is -1.55. The molecule has 0 fully saturated rings. The molecule has 116 valence electrons.